The van der Waals surface area contributed by atoms with E-state index in [2.05, 4.69) is 6.92 Å². The van der Waals surface area contributed by atoms with Gasteiger partial charge in [-0.25, -0.2) is 0 Å². The minimum Gasteiger partial charge on any atom is -0.492 e. The molecule has 0 bridgehead atoms. The van der Waals surface area contributed by atoms with E-state index < -0.39 is 16.6 Å². The van der Waals surface area contributed by atoms with Crippen molar-refractivity contribution in [3.05, 3.63) is 41.0 Å². The lowest BCUT2D eigenvalue weighted by molar-refractivity contribution is -0.626. The van der Waals surface area contributed by atoms with Gasteiger partial charge in [-0.2, -0.15) is 0 Å². The summed E-state index contributed by atoms with van der Waals surface area (Å²) >= 11 is 0. The van der Waals surface area contributed by atoms with E-state index in [1.165, 1.54) is 20.3 Å². The van der Waals surface area contributed by atoms with Crippen molar-refractivity contribution in [3.8, 4) is 0 Å². The monoisotopic (exact) mass is 198 g/mol. The molecule has 0 aromatic rings. The van der Waals surface area contributed by atoms with Crippen LogP contribution in [0.4, 0.5) is 0 Å². The highest BCUT2D eigenvalue weighted by Crippen LogP contribution is 2.34. The van der Waals surface area contributed by atoms with Crippen LogP contribution in [0.25, 0.3) is 0 Å². The summed E-state index contributed by atoms with van der Waals surface area (Å²) < 4.78 is 9.88. The summed E-state index contributed by atoms with van der Waals surface area (Å²) in [6, 6.07) is 0. The largest absolute Gasteiger partial charge is 0.492 e. The van der Waals surface area contributed by atoms with E-state index in [9.17, 15) is 10.1 Å². The van der Waals surface area contributed by atoms with Gasteiger partial charge >= 0.3 is 5.72 Å². The predicted octanol–water partition coefficient (Wildman–Crippen LogP) is 1.16. The highest BCUT2D eigenvalue weighted by molar-refractivity contribution is 5.24. The lowest BCUT2D eigenvalue weighted by Crippen LogP contribution is -2.49. The Morgan fingerprint density at radius 3 is 2.64 bits per heavy atom. The minimum absolute atomic E-state index is 0.160. The van der Waals surface area contributed by atoms with Crippen LogP contribution in [-0.2, 0) is 9.47 Å². The van der Waals surface area contributed by atoms with E-state index in [1.807, 2.05) is 0 Å². The highest BCUT2D eigenvalue weighted by Gasteiger charge is 2.54. The summed E-state index contributed by atoms with van der Waals surface area (Å²) in [6.07, 6.45) is 4.78. The van der Waals surface area contributed by atoms with Crippen molar-refractivity contribution in [3.63, 3.8) is 0 Å². The van der Waals surface area contributed by atoms with E-state index >= 15 is 0 Å². The summed E-state index contributed by atoms with van der Waals surface area (Å²) in [4.78, 5) is 10.4. The molecule has 1 aliphatic rings. The smallest absolute Gasteiger partial charge is 0.388 e. The Morgan fingerprint density at radius 2 is 2.29 bits per heavy atom. The second-order valence-electron chi connectivity index (χ2n) is 2.88. The summed E-state index contributed by atoms with van der Waals surface area (Å²) in [5.41, 5.74) is -1.69. The third kappa shape index (κ3) is 1.29. The predicted molar refractivity (Wildman–Crippen MR) is 49.8 cm³/mol. The molecule has 2 unspecified atom stereocenters. The zero-order valence-corrected chi connectivity index (χ0v) is 8.10. The minimum atomic E-state index is -1.69. The van der Waals surface area contributed by atoms with E-state index in [-0.39, 0.29) is 5.76 Å². The molecule has 0 aliphatic heterocycles. The molecule has 5 heteroatoms. The van der Waals surface area contributed by atoms with Crippen LogP contribution >= 0.6 is 0 Å². The Kier molecular flexibility index (Phi) is 2.90. The van der Waals surface area contributed by atoms with Gasteiger partial charge in [0.15, 0.2) is 0 Å². The number of nitro groups is 1. The van der Waals surface area contributed by atoms with Crippen LogP contribution in [0.3, 0.4) is 0 Å². The average molecular weight is 198 g/mol. The topological polar surface area (TPSA) is 61.6 Å². The first-order valence-electron chi connectivity index (χ1n) is 4.05. The Labute approximate surface area is 82.2 Å². The molecule has 0 saturated heterocycles. The Morgan fingerprint density at radius 1 is 1.64 bits per heavy atom. The molecule has 0 aromatic carbocycles. The van der Waals surface area contributed by atoms with Crippen LogP contribution < -0.4 is 0 Å². The van der Waals surface area contributed by atoms with Crippen molar-refractivity contribution < 1.29 is 14.4 Å². The Bertz CT molecular complexity index is 297. The molecule has 0 aromatic heterocycles. The van der Waals surface area contributed by atoms with Crippen molar-refractivity contribution in [1.82, 2.24) is 0 Å². The van der Waals surface area contributed by atoms with Crippen molar-refractivity contribution in [2.75, 3.05) is 14.2 Å². The fraction of sp³-hybridized carbons (Fsp3) is 0.444. The number of allylic oxidation sites excluding steroid dienone is 2. The molecule has 0 saturated carbocycles. The van der Waals surface area contributed by atoms with Gasteiger partial charge < -0.3 is 9.47 Å². The maximum atomic E-state index is 11.0. The van der Waals surface area contributed by atoms with Gasteiger partial charge in [0, 0.05) is 7.11 Å². The van der Waals surface area contributed by atoms with Crippen LogP contribution in [0, 0.1) is 23.0 Å². The van der Waals surface area contributed by atoms with Gasteiger partial charge in [-0.1, -0.05) is 12.2 Å². The molecular weight excluding hydrogens is 186 g/mol. The van der Waals surface area contributed by atoms with Crippen molar-refractivity contribution in [2.45, 2.75) is 5.72 Å². The summed E-state index contributed by atoms with van der Waals surface area (Å²) in [6.45, 7) is 3.67. The van der Waals surface area contributed by atoms with Gasteiger partial charge in [0.25, 0.3) is 0 Å². The van der Waals surface area contributed by atoms with Crippen LogP contribution in [0.2, 0.25) is 0 Å². The molecule has 1 aliphatic carbocycles. The van der Waals surface area contributed by atoms with E-state index in [0.717, 1.165) is 0 Å². The lowest BCUT2D eigenvalue weighted by atomic mass is 9.91. The molecule has 0 heterocycles. The van der Waals surface area contributed by atoms with Crippen molar-refractivity contribution >= 4 is 0 Å². The number of methoxy groups -OCH3 is 2. The van der Waals surface area contributed by atoms with E-state index in [0.29, 0.717) is 0 Å². The van der Waals surface area contributed by atoms with Gasteiger partial charge in [-0.15, -0.1) is 0 Å². The summed E-state index contributed by atoms with van der Waals surface area (Å²) in [7, 11) is 2.64. The SMILES string of the molecule is [CH2]C1C=CC=C(OC)C1(OC)[N+](=O)[O-]. The van der Waals surface area contributed by atoms with Crippen molar-refractivity contribution in [1.29, 1.82) is 0 Å². The van der Waals surface area contributed by atoms with Crippen LogP contribution in [0.15, 0.2) is 24.0 Å². The Hall–Kier alpha value is -1.36. The van der Waals surface area contributed by atoms with Crippen molar-refractivity contribution in [2.24, 2.45) is 5.92 Å². The molecule has 0 spiro atoms. The first-order chi connectivity index (χ1) is 6.59. The van der Waals surface area contributed by atoms with Gasteiger partial charge in [0.05, 0.1) is 18.0 Å². The number of nitrogens with zero attached hydrogens (tertiary/aromatic N) is 1. The lowest BCUT2D eigenvalue weighted by Gasteiger charge is -2.30. The van der Waals surface area contributed by atoms with Gasteiger partial charge in [-0.05, 0) is 13.0 Å². The fourth-order valence-electron chi connectivity index (χ4n) is 1.48. The molecule has 14 heavy (non-hydrogen) atoms. The van der Waals surface area contributed by atoms with E-state index in [1.54, 1.807) is 12.2 Å². The first kappa shape index (κ1) is 10.7. The second kappa shape index (κ2) is 3.79. The van der Waals surface area contributed by atoms with Gasteiger partial charge in [0.1, 0.15) is 0 Å². The maximum absolute atomic E-state index is 11.0. The Balaban J connectivity index is 3.19. The quantitative estimate of drug-likeness (QED) is 0.388. The number of hydrogen-bond donors (Lipinski definition) is 0. The molecule has 77 valence electrons. The van der Waals surface area contributed by atoms with Crippen LogP contribution in [0.5, 0.6) is 0 Å². The van der Waals surface area contributed by atoms with Gasteiger partial charge in [-0.3, -0.25) is 10.1 Å². The first-order valence-corrected chi connectivity index (χ1v) is 4.05. The number of hydrogen-bond acceptors (Lipinski definition) is 4. The van der Waals surface area contributed by atoms with E-state index in [4.69, 9.17) is 9.47 Å². The third-order valence-electron chi connectivity index (χ3n) is 2.25. The van der Waals surface area contributed by atoms with Crippen LogP contribution in [0.1, 0.15) is 0 Å². The molecule has 0 fully saturated rings. The normalized spacial score (nSPS) is 31.1. The third-order valence-corrected chi connectivity index (χ3v) is 2.25. The van der Waals surface area contributed by atoms with Crippen LogP contribution in [-0.4, -0.2) is 24.9 Å². The molecule has 0 N–H and O–H groups in total. The number of rotatable bonds is 3. The zero-order chi connectivity index (χ0) is 10.8. The molecule has 2 atom stereocenters. The van der Waals surface area contributed by atoms with Gasteiger partial charge in [0.2, 0.25) is 5.76 Å². The highest BCUT2D eigenvalue weighted by atomic mass is 16.7. The molecule has 5 nitrogen and oxygen atoms in total. The molecular formula is C9H12NO4. The molecule has 0 amide bonds. The summed E-state index contributed by atoms with van der Waals surface area (Å²) in [5.74, 6) is -0.449. The maximum Gasteiger partial charge on any atom is 0.388 e. The number of ether oxygens (including phenoxy) is 2. The second-order valence-corrected chi connectivity index (χ2v) is 2.88. The summed E-state index contributed by atoms with van der Waals surface area (Å²) in [5, 5.41) is 11.0. The average Bonchev–Trinajstić information content (AvgIpc) is 2.17. The molecule has 1 radical (unpaired) electrons. The zero-order valence-electron chi connectivity index (χ0n) is 8.10. The standard InChI is InChI=1S/C9H12NO4/c1-7-5-4-6-8(13-2)9(7,14-3)10(11)12/h4-7H,1H2,2-3H3. The molecule has 1 rings (SSSR count). The fourth-order valence-corrected chi connectivity index (χ4v) is 1.48.